The fourth-order valence-corrected chi connectivity index (χ4v) is 1.66. The van der Waals surface area contributed by atoms with E-state index in [1.165, 1.54) is 12.1 Å². The van der Waals surface area contributed by atoms with Crippen LogP contribution in [-0.2, 0) is 0 Å². The van der Waals surface area contributed by atoms with Gasteiger partial charge in [0.15, 0.2) is 0 Å². The second kappa shape index (κ2) is 3.76. The van der Waals surface area contributed by atoms with Crippen LogP contribution in [-0.4, -0.2) is 29.2 Å². The normalized spacial score (nSPS) is 15.1. The zero-order valence-electron chi connectivity index (χ0n) is 8.82. The minimum absolute atomic E-state index is 0.164. The van der Waals surface area contributed by atoms with Gasteiger partial charge in [0.2, 0.25) is 0 Å². The van der Waals surface area contributed by atoms with Crippen molar-refractivity contribution in [1.29, 1.82) is 0 Å². The second-order valence-corrected chi connectivity index (χ2v) is 3.71. The molecule has 0 bridgehead atoms. The topological polar surface area (TPSA) is 37.4 Å². The van der Waals surface area contributed by atoms with Crippen molar-refractivity contribution in [3.8, 4) is 0 Å². The summed E-state index contributed by atoms with van der Waals surface area (Å²) in [6.07, 6.45) is 0.427. The number of rotatable bonds is 3. The van der Waals surface area contributed by atoms with Gasteiger partial charge in [-0.15, -0.1) is 0 Å². The van der Waals surface area contributed by atoms with E-state index in [9.17, 15) is 18.4 Å². The lowest BCUT2D eigenvalue weighted by Crippen LogP contribution is -2.39. The van der Waals surface area contributed by atoms with Crippen molar-refractivity contribution in [2.75, 3.05) is 6.54 Å². The smallest absolute Gasteiger partial charge is 0.269 e. The van der Waals surface area contributed by atoms with Crippen molar-refractivity contribution in [3.05, 3.63) is 48.0 Å². The highest BCUT2D eigenvalue weighted by molar-refractivity contribution is 6.21. The minimum Gasteiger partial charge on any atom is -0.269 e. The van der Waals surface area contributed by atoms with Gasteiger partial charge in [-0.05, 0) is 18.2 Å². The van der Waals surface area contributed by atoms with E-state index in [4.69, 9.17) is 0 Å². The largest absolute Gasteiger partial charge is 0.283 e. The monoisotopic (exact) mass is 237 g/mol. The van der Waals surface area contributed by atoms with Crippen LogP contribution in [0.2, 0.25) is 0 Å². The summed E-state index contributed by atoms with van der Waals surface area (Å²) in [6, 6.07) is 6.06. The van der Waals surface area contributed by atoms with E-state index in [0.717, 1.165) is 0 Å². The Morgan fingerprint density at radius 2 is 1.65 bits per heavy atom. The Morgan fingerprint density at radius 3 is 2.06 bits per heavy atom. The summed E-state index contributed by atoms with van der Waals surface area (Å²) in [5, 5.41) is 0. The summed E-state index contributed by atoms with van der Waals surface area (Å²) in [5.74, 6) is -4.65. The number of carbonyl (C=O) groups is 2. The number of alkyl halides is 2. The summed E-state index contributed by atoms with van der Waals surface area (Å²) in [5.41, 5.74) is 0.328. The summed E-state index contributed by atoms with van der Waals surface area (Å²) in [7, 11) is 0. The molecule has 0 aromatic heterocycles. The van der Waals surface area contributed by atoms with E-state index in [2.05, 4.69) is 6.58 Å². The summed E-state index contributed by atoms with van der Waals surface area (Å²) >= 11 is 0. The number of carbonyl (C=O) groups excluding carboxylic acids is 2. The van der Waals surface area contributed by atoms with Crippen molar-refractivity contribution in [2.24, 2.45) is 0 Å². The molecule has 2 amide bonds. The number of hydrogen-bond donors (Lipinski definition) is 0. The van der Waals surface area contributed by atoms with Gasteiger partial charge < -0.3 is 0 Å². The van der Waals surface area contributed by atoms with Crippen LogP contribution in [0.4, 0.5) is 8.78 Å². The molecule has 17 heavy (non-hydrogen) atoms. The maximum absolute atomic E-state index is 13.1. The number of fused-ring (bicyclic) bond motifs is 1. The lowest BCUT2D eigenvalue weighted by Gasteiger charge is -2.18. The predicted octanol–water partition coefficient (Wildman–Crippen LogP) is 2.10. The summed E-state index contributed by atoms with van der Waals surface area (Å²) in [4.78, 5) is 24.0. The van der Waals surface area contributed by atoms with Gasteiger partial charge >= 0.3 is 0 Å². The Kier molecular flexibility index (Phi) is 2.53. The molecule has 1 aromatic carbocycles. The van der Waals surface area contributed by atoms with Crippen molar-refractivity contribution in [3.63, 3.8) is 0 Å². The molecule has 1 heterocycles. The molecule has 1 aliphatic rings. The Bertz CT molecular complexity index is 476. The quantitative estimate of drug-likeness (QED) is 0.596. The van der Waals surface area contributed by atoms with Gasteiger partial charge in [0.1, 0.15) is 0 Å². The van der Waals surface area contributed by atoms with Crippen molar-refractivity contribution in [1.82, 2.24) is 4.90 Å². The van der Waals surface area contributed by atoms with Crippen LogP contribution >= 0.6 is 0 Å². The van der Waals surface area contributed by atoms with Crippen LogP contribution < -0.4 is 0 Å². The van der Waals surface area contributed by atoms with Gasteiger partial charge in [-0.2, -0.15) is 0 Å². The summed E-state index contributed by atoms with van der Waals surface area (Å²) in [6.45, 7) is 2.00. The zero-order chi connectivity index (χ0) is 12.6. The van der Waals surface area contributed by atoms with Gasteiger partial charge in [-0.25, -0.2) is 8.78 Å². The molecule has 0 N–H and O–H groups in total. The van der Waals surface area contributed by atoms with Crippen LogP contribution in [0.5, 0.6) is 0 Å². The molecule has 0 aliphatic carbocycles. The maximum atomic E-state index is 13.1. The van der Waals surface area contributed by atoms with E-state index in [1.54, 1.807) is 12.1 Å². The van der Waals surface area contributed by atoms with Crippen LogP contribution in [0.25, 0.3) is 0 Å². The maximum Gasteiger partial charge on any atom is 0.283 e. The molecule has 5 heteroatoms. The molecule has 0 atom stereocenters. The van der Waals surface area contributed by atoms with Gasteiger partial charge in [0, 0.05) is 0 Å². The lowest BCUT2D eigenvalue weighted by molar-refractivity contribution is 0.0156. The van der Waals surface area contributed by atoms with Crippen LogP contribution in [0.1, 0.15) is 20.7 Å². The number of amides is 2. The Balaban J connectivity index is 2.34. The molecular weight excluding hydrogens is 228 g/mol. The van der Waals surface area contributed by atoms with Crippen LogP contribution in [0, 0.1) is 0 Å². The third-order valence-corrected chi connectivity index (χ3v) is 2.55. The van der Waals surface area contributed by atoms with Gasteiger partial charge in [-0.3, -0.25) is 14.5 Å². The Morgan fingerprint density at radius 1 is 1.18 bits per heavy atom. The molecule has 0 radical (unpaired) electrons. The van der Waals surface area contributed by atoms with E-state index in [-0.39, 0.29) is 11.1 Å². The number of benzene rings is 1. The molecule has 0 unspecified atom stereocenters. The number of imide groups is 1. The average Bonchev–Trinajstić information content (AvgIpc) is 2.55. The number of halogens is 2. The van der Waals surface area contributed by atoms with Crippen molar-refractivity contribution >= 4 is 11.8 Å². The van der Waals surface area contributed by atoms with Crippen molar-refractivity contribution in [2.45, 2.75) is 5.92 Å². The van der Waals surface area contributed by atoms with Gasteiger partial charge in [0.05, 0.1) is 17.7 Å². The molecule has 0 saturated carbocycles. The molecule has 1 aromatic rings. The third-order valence-electron chi connectivity index (χ3n) is 2.55. The standard InChI is InChI=1S/C12H9F2NO2/c1-2-12(13,14)7-15-10(16)8-5-3-4-6-9(8)11(15)17/h2-6H,1,7H2. The first-order valence-corrected chi connectivity index (χ1v) is 4.93. The van der Waals surface area contributed by atoms with E-state index < -0.39 is 24.3 Å². The molecule has 88 valence electrons. The average molecular weight is 237 g/mol. The first-order chi connectivity index (χ1) is 7.96. The highest BCUT2D eigenvalue weighted by atomic mass is 19.3. The SMILES string of the molecule is C=CC(F)(F)CN1C(=O)c2ccccc2C1=O. The fraction of sp³-hybridized carbons (Fsp3) is 0.167. The first kappa shape index (κ1) is 11.4. The van der Waals surface area contributed by atoms with Gasteiger partial charge in [0.25, 0.3) is 17.7 Å². The van der Waals surface area contributed by atoms with Crippen LogP contribution in [0.3, 0.4) is 0 Å². The Hall–Kier alpha value is -2.04. The molecule has 0 spiro atoms. The number of nitrogens with zero attached hydrogens (tertiary/aromatic N) is 1. The molecule has 0 saturated heterocycles. The molecule has 2 rings (SSSR count). The molecule has 3 nitrogen and oxygen atoms in total. The number of hydrogen-bond acceptors (Lipinski definition) is 2. The minimum atomic E-state index is -3.27. The van der Waals surface area contributed by atoms with Crippen molar-refractivity contribution < 1.29 is 18.4 Å². The Labute approximate surface area is 96.3 Å². The van der Waals surface area contributed by atoms with Gasteiger partial charge in [-0.1, -0.05) is 18.7 Å². The summed E-state index contributed by atoms with van der Waals surface area (Å²) < 4.78 is 26.2. The van der Waals surface area contributed by atoms with E-state index in [0.29, 0.717) is 11.0 Å². The molecule has 0 fully saturated rings. The van der Waals surface area contributed by atoms with Crippen LogP contribution in [0.15, 0.2) is 36.9 Å². The second-order valence-electron chi connectivity index (χ2n) is 3.71. The highest BCUT2D eigenvalue weighted by Gasteiger charge is 2.40. The lowest BCUT2D eigenvalue weighted by atomic mass is 10.1. The third kappa shape index (κ3) is 1.84. The predicted molar refractivity (Wildman–Crippen MR) is 57.0 cm³/mol. The van der Waals surface area contributed by atoms with E-state index in [1.807, 2.05) is 0 Å². The highest BCUT2D eigenvalue weighted by Crippen LogP contribution is 2.26. The molecular formula is C12H9F2NO2. The van der Waals surface area contributed by atoms with E-state index >= 15 is 0 Å². The molecule has 1 aliphatic heterocycles. The first-order valence-electron chi connectivity index (χ1n) is 4.93. The fourth-order valence-electron chi connectivity index (χ4n) is 1.66. The zero-order valence-corrected chi connectivity index (χ0v) is 8.82.